The molecule has 1 unspecified atom stereocenters. The summed E-state index contributed by atoms with van der Waals surface area (Å²) in [7, 11) is 1.70. The highest BCUT2D eigenvalue weighted by molar-refractivity contribution is 9.10. The van der Waals surface area contributed by atoms with Crippen molar-refractivity contribution >= 4 is 15.9 Å². The normalized spacial score (nSPS) is 13.5. The summed E-state index contributed by atoms with van der Waals surface area (Å²) in [5, 5.41) is 3.44. The van der Waals surface area contributed by atoms with Crippen LogP contribution in [0.4, 0.5) is 0 Å². The molecule has 0 aliphatic heterocycles. The van der Waals surface area contributed by atoms with Crippen molar-refractivity contribution in [1.82, 2.24) is 5.32 Å². The Bertz CT molecular complexity index is 377. The Morgan fingerprint density at radius 1 is 1.32 bits per heavy atom. The summed E-state index contributed by atoms with van der Waals surface area (Å²) in [4.78, 5) is 0. The molecular weight excluding hydrogens is 306 g/mol. The van der Waals surface area contributed by atoms with Gasteiger partial charge in [0.15, 0.2) is 0 Å². The monoisotopic (exact) mass is 329 g/mol. The van der Waals surface area contributed by atoms with Crippen LogP contribution in [0, 0.1) is 0 Å². The molecule has 108 valence electrons. The van der Waals surface area contributed by atoms with Crippen LogP contribution >= 0.6 is 15.9 Å². The van der Waals surface area contributed by atoms with E-state index in [4.69, 9.17) is 9.47 Å². The SMILES string of the molecule is COCC(CNC(C)(C)C)OCc1cccc(Br)c1. The number of rotatable bonds is 7. The summed E-state index contributed by atoms with van der Waals surface area (Å²) < 4.78 is 12.2. The zero-order chi connectivity index (χ0) is 14.3. The van der Waals surface area contributed by atoms with Gasteiger partial charge in [0.2, 0.25) is 0 Å². The van der Waals surface area contributed by atoms with Crippen molar-refractivity contribution in [2.45, 2.75) is 39.0 Å². The van der Waals surface area contributed by atoms with Crippen LogP contribution in [0.25, 0.3) is 0 Å². The summed E-state index contributed by atoms with van der Waals surface area (Å²) in [6, 6.07) is 8.16. The molecule has 0 saturated heterocycles. The fraction of sp³-hybridized carbons (Fsp3) is 0.600. The lowest BCUT2D eigenvalue weighted by Gasteiger charge is -2.25. The zero-order valence-corrected chi connectivity index (χ0v) is 13.8. The molecule has 1 N–H and O–H groups in total. The molecule has 0 fully saturated rings. The summed E-state index contributed by atoms with van der Waals surface area (Å²) in [6.07, 6.45) is 0.0585. The second-order valence-electron chi connectivity index (χ2n) is 5.65. The largest absolute Gasteiger partial charge is 0.382 e. The van der Waals surface area contributed by atoms with Crippen LogP contribution < -0.4 is 5.32 Å². The highest BCUT2D eigenvalue weighted by Crippen LogP contribution is 2.13. The molecule has 3 nitrogen and oxygen atoms in total. The van der Waals surface area contributed by atoms with Crippen LogP contribution in [0.1, 0.15) is 26.3 Å². The molecule has 0 radical (unpaired) electrons. The lowest BCUT2D eigenvalue weighted by Crippen LogP contribution is -2.43. The number of nitrogens with one attached hydrogen (secondary N) is 1. The molecule has 0 amide bonds. The first-order valence-electron chi connectivity index (χ1n) is 6.51. The predicted octanol–water partition coefficient (Wildman–Crippen LogP) is 3.37. The molecule has 0 heterocycles. The Hall–Kier alpha value is -0.420. The molecule has 19 heavy (non-hydrogen) atoms. The minimum atomic E-state index is 0.0585. The van der Waals surface area contributed by atoms with E-state index < -0.39 is 0 Å². The van der Waals surface area contributed by atoms with Crippen LogP contribution in [-0.2, 0) is 16.1 Å². The van der Waals surface area contributed by atoms with Gasteiger partial charge in [-0.05, 0) is 38.5 Å². The van der Waals surface area contributed by atoms with Crippen molar-refractivity contribution in [1.29, 1.82) is 0 Å². The van der Waals surface area contributed by atoms with E-state index in [1.165, 1.54) is 0 Å². The van der Waals surface area contributed by atoms with Crippen LogP contribution in [0.5, 0.6) is 0 Å². The van der Waals surface area contributed by atoms with Gasteiger partial charge in [-0.2, -0.15) is 0 Å². The standard InChI is InChI=1S/C15H24BrNO2/c1-15(2,3)17-9-14(11-18-4)19-10-12-6-5-7-13(16)8-12/h5-8,14,17H,9-11H2,1-4H3. The molecule has 1 aromatic rings. The number of hydrogen-bond acceptors (Lipinski definition) is 3. The molecule has 0 aromatic heterocycles. The second-order valence-corrected chi connectivity index (χ2v) is 6.56. The van der Waals surface area contributed by atoms with Crippen molar-refractivity contribution in [3.8, 4) is 0 Å². The van der Waals surface area contributed by atoms with Gasteiger partial charge < -0.3 is 14.8 Å². The molecule has 0 aliphatic rings. The van der Waals surface area contributed by atoms with E-state index in [1.54, 1.807) is 7.11 Å². The van der Waals surface area contributed by atoms with Crippen molar-refractivity contribution in [2.24, 2.45) is 0 Å². The number of hydrogen-bond donors (Lipinski definition) is 1. The van der Waals surface area contributed by atoms with E-state index >= 15 is 0 Å². The maximum atomic E-state index is 5.91. The molecule has 0 spiro atoms. The quantitative estimate of drug-likeness (QED) is 0.831. The third-order valence-electron chi connectivity index (χ3n) is 2.59. The van der Waals surface area contributed by atoms with Gasteiger partial charge in [-0.1, -0.05) is 28.1 Å². The van der Waals surface area contributed by atoms with Crippen LogP contribution in [0.3, 0.4) is 0 Å². The number of halogens is 1. The molecule has 4 heteroatoms. The van der Waals surface area contributed by atoms with E-state index in [2.05, 4.69) is 54.2 Å². The summed E-state index contributed by atoms with van der Waals surface area (Å²) in [5.41, 5.74) is 1.25. The molecule has 0 aliphatic carbocycles. The Morgan fingerprint density at radius 2 is 2.05 bits per heavy atom. The van der Waals surface area contributed by atoms with Gasteiger partial charge in [0.1, 0.15) is 0 Å². The van der Waals surface area contributed by atoms with Gasteiger partial charge in [-0.25, -0.2) is 0 Å². The molecule has 1 aromatic carbocycles. The van der Waals surface area contributed by atoms with E-state index in [0.717, 1.165) is 16.6 Å². The van der Waals surface area contributed by atoms with Gasteiger partial charge in [0, 0.05) is 23.7 Å². The zero-order valence-electron chi connectivity index (χ0n) is 12.2. The van der Waals surface area contributed by atoms with E-state index in [1.807, 2.05) is 12.1 Å². The van der Waals surface area contributed by atoms with Crippen LogP contribution in [0.2, 0.25) is 0 Å². The maximum absolute atomic E-state index is 5.91. The fourth-order valence-electron chi connectivity index (χ4n) is 1.61. The number of ether oxygens (including phenoxy) is 2. The van der Waals surface area contributed by atoms with Crippen molar-refractivity contribution in [3.63, 3.8) is 0 Å². The summed E-state index contributed by atoms with van der Waals surface area (Å²) in [5.74, 6) is 0. The van der Waals surface area contributed by atoms with Gasteiger partial charge in [0.25, 0.3) is 0 Å². The second kappa shape index (κ2) is 8.00. The smallest absolute Gasteiger partial charge is 0.0937 e. The van der Waals surface area contributed by atoms with Crippen molar-refractivity contribution in [3.05, 3.63) is 34.3 Å². The van der Waals surface area contributed by atoms with Crippen LogP contribution in [0.15, 0.2) is 28.7 Å². The fourth-order valence-corrected chi connectivity index (χ4v) is 2.06. The van der Waals surface area contributed by atoms with E-state index in [9.17, 15) is 0 Å². The molecular formula is C15H24BrNO2. The van der Waals surface area contributed by atoms with Gasteiger partial charge in [0.05, 0.1) is 19.3 Å². The average Bonchev–Trinajstić information content (AvgIpc) is 2.32. The topological polar surface area (TPSA) is 30.5 Å². The molecule has 0 saturated carbocycles. The Kier molecular flexibility index (Phi) is 7.00. The summed E-state index contributed by atoms with van der Waals surface area (Å²) >= 11 is 3.46. The van der Waals surface area contributed by atoms with Crippen molar-refractivity contribution < 1.29 is 9.47 Å². The Morgan fingerprint density at radius 3 is 2.63 bits per heavy atom. The first-order valence-corrected chi connectivity index (χ1v) is 7.30. The first-order chi connectivity index (χ1) is 8.90. The predicted molar refractivity (Wildman–Crippen MR) is 82.4 cm³/mol. The molecule has 0 bridgehead atoms. The minimum Gasteiger partial charge on any atom is -0.382 e. The third-order valence-corrected chi connectivity index (χ3v) is 3.08. The van der Waals surface area contributed by atoms with E-state index in [-0.39, 0.29) is 11.6 Å². The summed E-state index contributed by atoms with van der Waals surface area (Å²) in [6.45, 7) is 8.41. The van der Waals surface area contributed by atoms with Crippen LogP contribution in [-0.4, -0.2) is 31.9 Å². The van der Waals surface area contributed by atoms with Gasteiger partial charge in [-0.3, -0.25) is 0 Å². The number of methoxy groups -OCH3 is 1. The molecule has 1 rings (SSSR count). The Labute approximate surface area is 124 Å². The number of benzene rings is 1. The lowest BCUT2D eigenvalue weighted by atomic mass is 10.1. The first kappa shape index (κ1) is 16.6. The maximum Gasteiger partial charge on any atom is 0.0937 e. The van der Waals surface area contributed by atoms with Crippen molar-refractivity contribution in [2.75, 3.05) is 20.3 Å². The highest BCUT2D eigenvalue weighted by atomic mass is 79.9. The third kappa shape index (κ3) is 7.67. The Balaban J connectivity index is 2.45. The molecule has 1 atom stereocenters. The highest BCUT2D eigenvalue weighted by Gasteiger charge is 2.14. The minimum absolute atomic E-state index is 0.0585. The van der Waals surface area contributed by atoms with Gasteiger partial charge in [-0.15, -0.1) is 0 Å². The average molecular weight is 330 g/mol. The van der Waals surface area contributed by atoms with Gasteiger partial charge >= 0.3 is 0 Å². The lowest BCUT2D eigenvalue weighted by molar-refractivity contribution is -0.0128. The van der Waals surface area contributed by atoms with E-state index in [0.29, 0.717) is 13.2 Å².